The highest BCUT2D eigenvalue weighted by Gasteiger charge is 2.18. The molecule has 0 aliphatic carbocycles. The molecule has 8 nitrogen and oxygen atoms in total. The molecular weight excluding hydrogens is 362 g/mol. The summed E-state index contributed by atoms with van der Waals surface area (Å²) in [4.78, 5) is 37.8. The van der Waals surface area contributed by atoms with Gasteiger partial charge in [0.2, 0.25) is 0 Å². The van der Waals surface area contributed by atoms with Crippen LogP contribution >= 0.6 is 0 Å². The van der Waals surface area contributed by atoms with Gasteiger partial charge in [-0.1, -0.05) is 18.2 Å². The lowest BCUT2D eigenvalue weighted by Crippen LogP contribution is -2.22. The van der Waals surface area contributed by atoms with Gasteiger partial charge in [-0.05, 0) is 42.7 Å². The van der Waals surface area contributed by atoms with Crippen molar-refractivity contribution >= 4 is 34.2 Å². The Morgan fingerprint density at radius 3 is 2.64 bits per heavy atom. The number of amides is 1. The summed E-state index contributed by atoms with van der Waals surface area (Å²) in [6.45, 7) is 3.02. The maximum absolute atomic E-state index is 12.1. The lowest BCUT2D eigenvalue weighted by molar-refractivity contribution is -0.384. The molecule has 0 aliphatic rings. The van der Waals surface area contributed by atoms with Crippen LogP contribution in [-0.4, -0.2) is 28.4 Å². The number of hydrogen-bond acceptors (Lipinski definition) is 5. The summed E-state index contributed by atoms with van der Waals surface area (Å²) < 4.78 is 5.02. The molecule has 28 heavy (non-hydrogen) atoms. The minimum Gasteiger partial charge on any atom is -0.455 e. The average molecular weight is 381 g/mol. The second-order valence-electron chi connectivity index (χ2n) is 6.46. The Kier molecular flexibility index (Phi) is 5.39. The Labute approximate surface area is 160 Å². The highest BCUT2D eigenvalue weighted by atomic mass is 16.6. The molecule has 1 aromatic heterocycles. The van der Waals surface area contributed by atoms with Gasteiger partial charge in [0.1, 0.15) is 5.69 Å². The Bertz CT molecular complexity index is 1070. The number of rotatable bonds is 6. The fourth-order valence-electron chi connectivity index (χ4n) is 2.87. The maximum atomic E-state index is 12.1. The molecule has 0 saturated carbocycles. The molecule has 0 bridgehead atoms. The first-order valence-corrected chi connectivity index (χ1v) is 8.61. The summed E-state index contributed by atoms with van der Waals surface area (Å²) in [7, 11) is 0. The van der Waals surface area contributed by atoms with Gasteiger partial charge in [0.15, 0.2) is 6.61 Å². The molecular formula is C20H19N3O5. The van der Waals surface area contributed by atoms with Gasteiger partial charge >= 0.3 is 5.97 Å². The van der Waals surface area contributed by atoms with E-state index in [1.807, 2.05) is 24.3 Å². The fraction of sp³-hybridized carbons (Fsp3) is 0.200. The summed E-state index contributed by atoms with van der Waals surface area (Å²) in [5.41, 5.74) is 3.09. The van der Waals surface area contributed by atoms with Crippen molar-refractivity contribution < 1.29 is 19.2 Å². The largest absolute Gasteiger partial charge is 0.455 e. The molecule has 0 fully saturated rings. The van der Waals surface area contributed by atoms with E-state index in [0.29, 0.717) is 0 Å². The van der Waals surface area contributed by atoms with Gasteiger partial charge in [-0.3, -0.25) is 19.7 Å². The molecule has 0 unspecified atom stereocenters. The number of benzene rings is 2. The first-order chi connectivity index (χ1) is 13.3. The third kappa shape index (κ3) is 4.17. The van der Waals surface area contributed by atoms with Gasteiger partial charge in [0.25, 0.3) is 11.6 Å². The zero-order valence-corrected chi connectivity index (χ0v) is 15.4. The Hall–Kier alpha value is -3.68. The van der Waals surface area contributed by atoms with Crippen molar-refractivity contribution in [2.45, 2.75) is 20.3 Å². The quantitative estimate of drug-likeness (QED) is 0.386. The zero-order valence-electron chi connectivity index (χ0n) is 15.4. The summed E-state index contributed by atoms with van der Waals surface area (Å²) in [6, 6.07) is 10.5. The van der Waals surface area contributed by atoms with Crippen LogP contribution in [0.25, 0.3) is 10.9 Å². The number of esters is 1. The minimum absolute atomic E-state index is 0.0150. The van der Waals surface area contributed by atoms with Crippen molar-refractivity contribution in [3.63, 3.8) is 0 Å². The van der Waals surface area contributed by atoms with Crippen LogP contribution in [0.1, 0.15) is 16.7 Å². The van der Waals surface area contributed by atoms with E-state index < -0.39 is 23.4 Å². The van der Waals surface area contributed by atoms with Crippen LogP contribution < -0.4 is 5.32 Å². The molecule has 0 aliphatic heterocycles. The van der Waals surface area contributed by atoms with E-state index in [1.54, 1.807) is 20.0 Å². The third-order valence-electron chi connectivity index (χ3n) is 4.46. The number of anilines is 1. The number of aryl methyl sites for hydroxylation is 2. The lowest BCUT2D eigenvalue weighted by Gasteiger charge is -2.09. The van der Waals surface area contributed by atoms with E-state index in [1.165, 1.54) is 12.1 Å². The molecule has 1 heterocycles. The van der Waals surface area contributed by atoms with E-state index in [-0.39, 0.29) is 17.8 Å². The van der Waals surface area contributed by atoms with E-state index in [2.05, 4.69) is 10.3 Å². The van der Waals surface area contributed by atoms with Gasteiger partial charge in [-0.15, -0.1) is 0 Å². The monoisotopic (exact) mass is 381 g/mol. The van der Waals surface area contributed by atoms with E-state index in [9.17, 15) is 19.7 Å². The number of aromatic nitrogens is 1. The van der Waals surface area contributed by atoms with Gasteiger partial charge in [0, 0.05) is 23.2 Å². The van der Waals surface area contributed by atoms with Crippen molar-refractivity contribution in [3.05, 3.63) is 69.4 Å². The van der Waals surface area contributed by atoms with Crippen LogP contribution in [0.3, 0.4) is 0 Å². The normalized spacial score (nSPS) is 10.6. The first-order valence-electron chi connectivity index (χ1n) is 8.61. The zero-order chi connectivity index (χ0) is 20.3. The summed E-state index contributed by atoms with van der Waals surface area (Å²) in [5.74, 6) is -1.20. The predicted molar refractivity (Wildman–Crippen MR) is 104 cm³/mol. The molecule has 1 amide bonds. The Morgan fingerprint density at radius 2 is 1.89 bits per heavy atom. The minimum atomic E-state index is -0.640. The molecule has 144 valence electrons. The standard InChI is InChI=1S/C20H19N3O5/c1-12-7-17(18(23(26)27)8-13(12)2)22-19(24)11-28-20(25)9-14-10-21-16-6-4-3-5-15(14)16/h3-8,10,21H,9,11H2,1-2H3,(H,22,24). The van der Waals surface area contributed by atoms with Gasteiger partial charge in [-0.25, -0.2) is 0 Å². The van der Waals surface area contributed by atoms with Gasteiger partial charge < -0.3 is 15.0 Å². The van der Waals surface area contributed by atoms with Crippen LogP contribution in [0.5, 0.6) is 0 Å². The van der Waals surface area contributed by atoms with Crippen molar-refractivity contribution in [3.8, 4) is 0 Å². The number of carbonyl (C=O) groups is 2. The number of ether oxygens (including phenoxy) is 1. The number of hydrogen-bond donors (Lipinski definition) is 2. The third-order valence-corrected chi connectivity index (χ3v) is 4.46. The SMILES string of the molecule is Cc1cc(NC(=O)COC(=O)Cc2c[nH]c3ccccc23)c([N+](=O)[O-])cc1C. The first kappa shape index (κ1) is 19.1. The van der Waals surface area contributed by atoms with Crippen LogP contribution in [0, 0.1) is 24.0 Å². The molecule has 0 radical (unpaired) electrons. The number of nitro benzene ring substituents is 1. The maximum Gasteiger partial charge on any atom is 0.310 e. The number of aromatic amines is 1. The second-order valence-corrected chi connectivity index (χ2v) is 6.46. The topological polar surface area (TPSA) is 114 Å². The Morgan fingerprint density at radius 1 is 1.18 bits per heavy atom. The Balaban J connectivity index is 1.61. The second kappa shape index (κ2) is 7.91. The lowest BCUT2D eigenvalue weighted by atomic mass is 10.1. The number of nitrogens with one attached hydrogen (secondary N) is 2. The number of nitro groups is 1. The number of nitrogens with zero attached hydrogens (tertiary/aromatic N) is 1. The van der Waals surface area contributed by atoms with E-state index in [4.69, 9.17) is 4.74 Å². The summed E-state index contributed by atoms with van der Waals surface area (Å²) in [6.07, 6.45) is 1.74. The van der Waals surface area contributed by atoms with Gasteiger partial charge in [0.05, 0.1) is 11.3 Å². The molecule has 3 aromatic rings. The molecule has 2 aromatic carbocycles. The van der Waals surface area contributed by atoms with Crippen molar-refractivity contribution in [2.75, 3.05) is 11.9 Å². The molecule has 0 spiro atoms. The fourth-order valence-corrected chi connectivity index (χ4v) is 2.87. The van der Waals surface area contributed by atoms with Crippen LogP contribution in [-0.2, 0) is 20.7 Å². The summed E-state index contributed by atoms with van der Waals surface area (Å²) in [5, 5.41) is 14.5. The molecule has 3 rings (SSSR count). The van der Waals surface area contributed by atoms with Crippen LogP contribution in [0.4, 0.5) is 11.4 Å². The number of para-hydroxylation sites is 1. The van der Waals surface area contributed by atoms with E-state index >= 15 is 0 Å². The highest BCUT2D eigenvalue weighted by molar-refractivity contribution is 5.95. The average Bonchev–Trinajstić information content (AvgIpc) is 3.05. The highest BCUT2D eigenvalue weighted by Crippen LogP contribution is 2.27. The smallest absolute Gasteiger partial charge is 0.310 e. The van der Waals surface area contributed by atoms with Crippen LogP contribution in [0.15, 0.2) is 42.6 Å². The summed E-state index contributed by atoms with van der Waals surface area (Å²) >= 11 is 0. The van der Waals surface area contributed by atoms with Gasteiger partial charge in [-0.2, -0.15) is 0 Å². The van der Waals surface area contributed by atoms with Crippen molar-refractivity contribution in [1.82, 2.24) is 4.98 Å². The number of carbonyl (C=O) groups excluding carboxylic acids is 2. The molecule has 8 heteroatoms. The number of fused-ring (bicyclic) bond motifs is 1. The molecule has 2 N–H and O–H groups in total. The number of H-pyrrole nitrogens is 1. The van der Waals surface area contributed by atoms with E-state index in [0.717, 1.165) is 27.6 Å². The van der Waals surface area contributed by atoms with Crippen LogP contribution in [0.2, 0.25) is 0 Å². The molecule has 0 saturated heterocycles. The predicted octanol–water partition coefficient (Wildman–Crippen LogP) is 3.42. The van der Waals surface area contributed by atoms with Crippen molar-refractivity contribution in [2.24, 2.45) is 0 Å². The molecule has 0 atom stereocenters. The van der Waals surface area contributed by atoms with Crippen molar-refractivity contribution in [1.29, 1.82) is 0 Å².